The first-order valence-corrected chi connectivity index (χ1v) is 8.38. The second-order valence-electron chi connectivity index (χ2n) is 5.77. The van der Waals surface area contributed by atoms with E-state index in [1.165, 1.54) is 18.4 Å². The van der Waals surface area contributed by atoms with Gasteiger partial charge >= 0.3 is 5.97 Å². The van der Waals surface area contributed by atoms with Gasteiger partial charge in [0.1, 0.15) is 0 Å². The van der Waals surface area contributed by atoms with Gasteiger partial charge in [0.05, 0.1) is 25.2 Å². The highest BCUT2D eigenvalue weighted by Gasteiger charge is 2.29. The van der Waals surface area contributed by atoms with Crippen LogP contribution >= 0.6 is 11.3 Å². The van der Waals surface area contributed by atoms with Crippen LogP contribution in [-0.2, 0) is 16.1 Å². The highest BCUT2D eigenvalue weighted by molar-refractivity contribution is 7.12. The molecule has 0 spiro atoms. The molecule has 1 aliphatic carbocycles. The molecule has 122 valence electrons. The average molecular weight is 325 g/mol. The first-order valence-electron chi connectivity index (χ1n) is 7.56. The maximum atomic E-state index is 12.5. The Morgan fingerprint density at radius 2 is 1.86 bits per heavy atom. The Labute approximate surface area is 134 Å². The van der Waals surface area contributed by atoms with E-state index in [1.807, 2.05) is 13.8 Å². The highest BCUT2D eigenvalue weighted by Crippen LogP contribution is 2.29. The van der Waals surface area contributed by atoms with Gasteiger partial charge in [0.15, 0.2) is 0 Å². The van der Waals surface area contributed by atoms with Crippen LogP contribution in [0, 0.1) is 19.8 Å². The normalized spacial score (nSPS) is 21.5. The van der Waals surface area contributed by atoms with Crippen LogP contribution in [0.25, 0.3) is 0 Å². The van der Waals surface area contributed by atoms with Crippen molar-refractivity contribution in [3.63, 3.8) is 0 Å². The third-order valence-corrected chi connectivity index (χ3v) is 5.43. The standard InChI is InChI=1S/C16H23NO4S/c1-9-13(8-18)14(10(2)22-9)15(19)17-12-6-4-11(5-7-12)16(20)21-3/h11-12,18H,4-8H2,1-3H3,(H,17,19). The molecule has 1 saturated carbocycles. The number of aliphatic hydroxyl groups excluding tert-OH is 1. The summed E-state index contributed by atoms with van der Waals surface area (Å²) in [5, 5.41) is 12.5. The van der Waals surface area contributed by atoms with Crippen LogP contribution in [0.5, 0.6) is 0 Å². The predicted octanol–water partition coefficient (Wildman–Crippen LogP) is 2.32. The van der Waals surface area contributed by atoms with Crippen molar-refractivity contribution < 1.29 is 19.4 Å². The first-order chi connectivity index (χ1) is 10.5. The van der Waals surface area contributed by atoms with E-state index in [2.05, 4.69) is 5.32 Å². The summed E-state index contributed by atoms with van der Waals surface area (Å²) in [7, 11) is 1.41. The number of carbonyl (C=O) groups excluding carboxylic acids is 2. The fraction of sp³-hybridized carbons (Fsp3) is 0.625. The van der Waals surface area contributed by atoms with Crippen molar-refractivity contribution in [2.75, 3.05) is 7.11 Å². The molecule has 0 unspecified atom stereocenters. The van der Waals surface area contributed by atoms with Crippen molar-refractivity contribution in [1.29, 1.82) is 0 Å². The molecule has 0 saturated heterocycles. The minimum Gasteiger partial charge on any atom is -0.469 e. The van der Waals surface area contributed by atoms with E-state index in [0.29, 0.717) is 5.56 Å². The average Bonchev–Trinajstić information content (AvgIpc) is 2.80. The summed E-state index contributed by atoms with van der Waals surface area (Å²) in [5.74, 6) is -0.319. The van der Waals surface area contributed by atoms with Gasteiger partial charge in [-0.15, -0.1) is 11.3 Å². The number of ether oxygens (including phenoxy) is 1. The molecule has 0 bridgehead atoms. The van der Waals surface area contributed by atoms with Gasteiger partial charge in [-0.2, -0.15) is 0 Å². The smallest absolute Gasteiger partial charge is 0.308 e. The Balaban J connectivity index is 1.98. The third-order valence-electron chi connectivity index (χ3n) is 4.37. The van der Waals surface area contributed by atoms with E-state index in [9.17, 15) is 14.7 Å². The van der Waals surface area contributed by atoms with Crippen LogP contribution in [0.2, 0.25) is 0 Å². The lowest BCUT2D eigenvalue weighted by Gasteiger charge is -2.27. The van der Waals surface area contributed by atoms with Crippen molar-refractivity contribution in [2.45, 2.75) is 52.2 Å². The van der Waals surface area contributed by atoms with E-state index < -0.39 is 0 Å². The number of nitrogens with one attached hydrogen (secondary N) is 1. The number of thiophene rings is 1. The van der Waals surface area contributed by atoms with Crippen LogP contribution in [0.4, 0.5) is 0 Å². The van der Waals surface area contributed by atoms with E-state index in [0.717, 1.165) is 41.0 Å². The second kappa shape index (κ2) is 7.24. The zero-order valence-electron chi connectivity index (χ0n) is 13.3. The Kier molecular flexibility index (Phi) is 5.58. The maximum Gasteiger partial charge on any atom is 0.308 e. The van der Waals surface area contributed by atoms with Gasteiger partial charge in [-0.1, -0.05) is 0 Å². The molecule has 0 aliphatic heterocycles. The largest absolute Gasteiger partial charge is 0.469 e. The quantitative estimate of drug-likeness (QED) is 0.833. The number of amides is 1. The number of hydrogen-bond acceptors (Lipinski definition) is 5. The molecule has 5 nitrogen and oxygen atoms in total. The molecule has 1 aromatic rings. The number of rotatable bonds is 4. The fourth-order valence-electron chi connectivity index (χ4n) is 3.12. The molecule has 6 heteroatoms. The number of hydrogen-bond donors (Lipinski definition) is 2. The lowest BCUT2D eigenvalue weighted by Crippen LogP contribution is -2.39. The summed E-state index contributed by atoms with van der Waals surface area (Å²) in [6.45, 7) is 3.70. The summed E-state index contributed by atoms with van der Waals surface area (Å²) in [6, 6.07) is 0.0829. The highest BCUT2D eigenvalue weighted by atomic mass is 32.1. The lowest BCUT2D eigenvalue weighted by atomic mass is 9.86. The number of methoxy groups -OCH3 is 1. The number of aryl methyl sites for hydroxylation is 2. The molecule has 22 heavy (non-hydrogen) atoms. The zero-order chi connectivity index (χ0) is 16.3. The Morgan fingerprint density at radius 3 is 2.41 bits per heavy atom. The fourth-order valence-corrected chi connectivity index (χ4v) is 4.18. The lowest BCUT2D eigenvalue weighted by molar-refractivity contribution is -0.146. The van der Waals surface area contributed by atoms with Crippen molar-refractivity contribution in [1.82, 2.24) is 5.32 Å². The minimum absolute atomic E-state index is 0.0451. The van der Waals surface area contributed by atoms with Crippen molar-refractivity contribution >= 4 is 23.2 Å². The van der Waals surface area contributed by atoms with Crippen LogP contribution < -0.4 is 5.32 Å². The van der Waals surface area contributed by atoms with Gasteiger partial charge in [0.25, 0.3) is 5.91 Å². The first kappa shape index (κ1) is 17.0. The minimum atomic E-state index is -0.156. The van der Waals surface area contributed by atoms with E-state index >= 15 is 0 Å². The van der Waals surface area contributed by atoms with E-state index in [4.69, 9.17) is 4.74 Å². The number of carbonyl (C=O) groups is 2. The summed E-state index contributed by atoms with van der Waals surface area (Å²) < 4.78 is 4.77. The van der Waals surface area contributed by atoms with Crippen molar-refractivity contribution in [3.05, 3.63) is 20.9 Å². The Bertz CT molecular complexity index is 559. The molecular weight excluding hydrogens is 302 g/mol. The summed E-state index contributed by atoms with van der Waals surface area (Å²) in [5.41, 5.74) is 1.34. The molecule has 2 rings (SSSR count). The van der Waals surface area contributed by atoms with Gasteiger partial charge < -0.3 is 15.2 Å². The second-order valence-corrected chi connectivity index (χ2v) is 7.20. The van der Waals surface area contributed by atoms with E-state index in [1.54, 1.807) is 0 Å². The van der Waals surface area contributed by atoms with Crippen LogP contribution in [0.3, 0.4) is 0 Å². The number of esters is 1. The summed E-state index contributed by atoms with van der Waals surface area (Å²) >= 11 is 1.54. The van der Waals surface area contributed by atoms with Crippen LogP contribution in [0.1, 0.15) is 51.4 Å². The Hall–Kier alpha value is -1.40. The van der Waals surface area contributed by atoms with Crippen LogP contribution in [-0.4, -0.2) is 30.1 Å². The van der Waals surface area contributed by atoms with Gasteiger partial charge in [0, 0.05) is 21.4 Å². The molecule has 1 heterocycles. The van der Waals surface area contributed by atoms with Gasteiger partial charge in [0.2, 0.25) is 0 Å². The Morgan fingerprint density at radius 1 is 1.23 bits per heavy atom. The number of aliphatic hydroxyl groups is 1. The molecule has 1 amide bonds. The molecule has 0 aromatic carbocycles. The molecule has 1 fully saturated rings. The molecule has 0 atom stereocenters. The molecule has 2 N–H and O–H groups in total. The van der Waals surface area contributed by atoms with Crippen molar-refractivity contribution in [3.8, 4) is 0 Å². The summed E-state index contributed by atoms with van der Waals surface area (Å²) in [4.78, 5) is 25.9. The van der Waals surface area contributed by atoms with Gasteiger partial charge in [-0.25, -0.2) is 0 Å². The van der Waals surface area contributed by atoms with Crippen LogP contribution in [0.15, 0.2) is 0 Å². The molecule has 1 aromatic heterocycles. The summed E-state index contributed by atoms with van der Waals surface area (Å²) in [6.07, 6.45) is 3.04. The van der Waals surface area contributed by atoms with Crippen molar-refractivity contribution in [2.24, 2.45) is 5.92 Å². The third kappa shape index (κ3) is 3.50. The molecular formula is C16H23NO4S. The topological polar surface area (TPSA) is 75.6 Å². The van der Waals surface area contributed by atoms with Gasteiger partial charge in [-0.3, -0.25) is 9.59 Å². The monoisotopic (exact) mass is 325 g/mol. The maximum absolute atomic E-state index is 12.5. The molecule has 0 radical (unpaired) electrons. The predicted molar refractivity (Wildman–Crippen MR) is 84.9 cm³/mol. The molecule has 1 aliphatic rings. The van der Waals surface area contributed by atoms with Gasteiger partial charge in [-0.05, 0) is 39.5 Å². The zero-order valence-corrected chi connectivity index (χ0v) is 14.1. The SMILES string of the molecule is COC(=O)C1CCC(NC(=O)c2c(C)sc(C)c2CO)CC1. The van der Waals surface area contributed by atoms with E-state index in [-0.39, 0.29) is 30.4 Å².